The Balaban J connectivity index is 1.56. The monoisotopic (exact) mass is 444 g/mol. The maximum absolute atomic E-state index is 13.0. The smallest absolute Gasteiger partial charge is 0.269 e. The quantitative estimate of drug-likeness (QED) is 0.200. The molecule has 0 radical (unpaired) electrons. The molecule has 164 valence electrons. The highest BCUT2D eigenvalue weighted by Crippen LogP contribution is 2.20. The van der Waals surface area contributed by atoms with Crippen LogP contribution in [-0.4, -0.2) is 26.1 Å². The highest BCUT2D eigenvalue weighted by atomic mass is 19.1. The summed E-state index contributed by atoms with van der Waals surface area (Å²) in [6.07, 6.45) is 1.50. The Kier molecular flexibility index (Phi) is 6.40. The van der Waals surface area contributed by atoms with E-state index < -0.39 is 4.92 Å². The van der Waals surface area contributed by atoms with Crippen molar-refractivity contribution in [2.24, 2.45) is 5.10 Å². The molecule has 3 aromatic carbocycles. The van der Waals surface area contributed by atoms with Crippen LogP contribution in [0.2, 0.25) is 0 Å². The maximum Gasteiger partial charge on any atom is 0.269 e. The molecular formula is C22H17FN8O2. The molecule has 4 rings (SSSR count). The van der Waals surface area contributed by atoms with Gasteiger partial charge < -0.3 is 10.6 Å². The van der Waals surface area contributed by atoms with Gasteiger partial charge in [0.1, 0.15) is 5.82 Å². The molecule has 4 aromatic rings. The molecule has 0 aliphatic heterocycles. The average molecular weight is 444 g/mol. The van der Waals surface area contributed by atoms with Gasteiger partial charge in [-0.1, -0.05) is 30.3 Å². The van der Waals surface area contributed by atoms with E-state index in [1.54, 1.807) is 24.3 Å². The number of para-hydroxylation sites is 1. The number of hydrazone groups is 1. The predicted octanol–water partition coefficient (Wildman–Crippen LogP) is 4.85. The van der Waals surface area contributed by atoms with Gasteiger partial charge >= 0.3 is 0 Å². The van der Waals surface area contributed by atoms with Gasteiger partial charge in [-0.15, -0.1) is 0 Å². The molecule has 1 aromatic heterocycles. The lowest BCUT2D eigenvalue weighted by molar-refractivity contribution is -0.384. The SMILES string of the molecule is O=[N+]([O-])c1ccc(Nc2nc(N/N=C\c3ccc(F)cc3)nc(Nc3ccccc3)n2)cc1. The molecule has 0 atom stereocenters. The highest BCUT2D eigenvalue weighted by Gasteiger charge is 2.09. The van der Waals surface area contributed by atoms with Gasteiger partial charge in [0.15, 0.2) is 0 Å². The van der Waals surface area contributed by atoms with E-state index in [9.17, 15) is 14.5 Å². The van der Waals surface area contributed by atoms with Crippen LogP contribution in [0.25, 0.3) is 0 Å². The molecular weight excluding hydrogens is 427 g/mol. The Hall–Kier alpha value is -4.93. The minimum Gasteiger partial charge on any atom is -0.324 e. The molecule has 0 spiro atoms. The normalized spacial score (nSPS) is 10.7. The molecule has 0 amide bonds. The topological polar surface area (TPSA) is 130 Å². The molecule has 3 N–H and O–H groups in total. The Morgan fingerprint density at radius 1 is 0.788 bits per heavy atom. The molecule has 0 bridgehead atoms. The molecule has 33 heavy (non-hydrogen) atoms. The zero-order chi connectivity index (χ0) is 23.0. The van der Waals surface area contributed by atoms with E-state index in [1.807, 2.05) is 30.3 Å². The first-order valence-electron chi connectivity index (χ1n) is 9.69. The van der Waals surface area contributed by atoms with Gasteiger partial charge in [-0.25, -0.2) is 9.82 Å². The van der Waals surface area contributed by atoms with Crippen molar-refractivity contribution >= 4 is 41.1 Å². The molecule has 10 nitrogen and oxygen atoms in total. The van der Waals surface area contributed by atoms with Crippen molar-refractivity contribution in [3.8, 4) is 0 Å². The van der Waals surface area contributed by atoms with Gasteiger partial charge in [0.25, 0.3) is 5.69 Å². The number of nitrogens with zero attached hydrogens (tertiary/aromatic N) is 5. The summed E-state index contributed by atoms with van der Waals surface area (Å²) in [7, 11) is 0. The molecule has 1 heterocycles. The van der Waals surface area contributed by atoms with Crippen LogP contribution in [0.5, 0.6) is 0 Å². The van der Waals surface area contributed by atoms with Gasteiger partial charge in [-0.3, -0.25) is 10.1 Å². The number of halogens is 1. The van der Waals surface area contributed by atoms with Crippen LogP contribution in [-0.2, 0) is 0 Å². The first-order chi connectivity index (χ1) is 16.0. The molecule has 0 fully saturated rings. The molecule has 0 aliphatic carbocycles. The fourth-order valence-electron chi connectivity index (χ4n) is 2.70. The lowest BCUT2D eigenvalue weighted by atomic mass is 10.2. The fourth-order valence-corrected chi connectivity index (χ4v) is 2.70. The second kappa shape index (κ2) is 9.92. The molecule has 11 heteroatoms. The number of nitro benzene ring substituents is 1. The molecule has 0 saturated carbocycles. The summed E-state index contributed by atoms with van der Waals surface area (Å²) in [6, 6.07) is 21.0. The Bertz CT molecular complexity index is 1270. The summed E-state index contributed by atoms with van der Waals surface area (Å²) in [4.78, 5) is 23.3. The Morgan fingerprint density at radius 2 is 1.36 bits per heavy atom. The van der Waals surface area contributed by atoms with Crippen molar-refractivity contribution in [2.75, 3.05) is 16.1 Å². The van der Waals surface area contributed by atoms with Gasteiger partial charge in [-0.2, -0.15) is 20.1 Å². The van der Waals surface area contributed by atoms with Crippen LogP contribution in [0.15, 0.2) is 84.0 Å². The molecule has 0 saturated heterocycles. The number of non-ortho nitro benzene ring substituents is 1. The minimum atomic E-state index is -0.476. The summed E-state index contributed by atoms with van der Waals surface area (Å²) in [5.41, 5.74) is 4.71. The largest absolute Gasteiger partial charge is 0.324 e. The van der Waals surface area contributed by atoms with Crippen molar-refractivity contribution in [1.82, 2.24) is 15.0 Å². The Morgan fingerprint density at radius 3 is 1.97 bits per heavy atom. The number of rotatable bonds is 8. The maximum atomic E-state index is 13.0. The first-order valence-corrected chi connectivity index (χ1v) is 9.69. The molecule has 0 unspecified atom stereocenters. The van der Waals surface area contributed by atoms with E-state index in [1.165, 1.54) is 30.5 Å². The van der Waals surface area contributed by atoms with Crippen molar-refractivity contribution in [3.05, 3.63) is 100 Å². The number of nitrogens with one attached hydrogen (secondary N) is 3. The standard InChI is InChI=1S/C22H17FN8O2/c23-16-8-6-15(7-9-16)14-24-30-22-28-20(25-17-4-2-1-3-5-17)27-21(29-22)26-18-10-12-19(13-11-18)31(32)33/h1-14H,(H3,25,26,27,28,29,30)/b24-14-. The second-order valence-electron chi connectivity index (χ2n) is 6.65. The van der Waals surface area contributed by atoms with Crippen LogP contribution < -0.4 is 16.1 Å². The van der Waals surface area contributed by atoms with Gasteiger partial charge in [0.2, 0.25) is 17.8 Å². The van der Waals surface area contributed by atoms with Gasteiger partial charge in [-0.05, 0) is 42.0 Å². The number of hydrogen-bond donors (Lipinski definition) is 3. The third kappa shape index (κ3) is 6.04. The first kappa shape index (κ1) is 21.3. The van der Waals surface area contributed by atoms with Crippen molar-refractivity contribution in [2.45, 2.75) is 0 Å². The third-order valence-electron chi connectivity index (χ3n) is 4.25. The van der Waals surface area contributed by atoms with Crippen LogP contribution in [0.4, 0.5) is 39.3 Å². The molecule has 0 aliphatic rings. The number of benzene rings is 3. The van der Waals surface area contributed by atoms with Crippen LogP contribution >= 0.6 is 0 Å². The van der Waals surface area contributed by atoms with Crippen LogP contribution in [0, 0.1) is 15.9 Å². The number of anilines is 5. The summed E-state index contributed by atoms with van der Waals surface area (Å²) >= 11 is 0. The summed E-state index contributed by atoms with van der Waals surface area (Å²) < 4.78 is 13.0. The lowest BCUT2D eigenvalue weighted by Gasteiger charge is -2.10. The van der Waals surface area contributed by atoms with E-state index in [2.05, 4.69) is 36.1 Å². The number of hydrogen-bond acceptors (Lipinski definition) is 9. The summed E-state index contributed by atoms with van der Waals surface area (Å²) in [6.45, 7) is 0. The van der Waals surface area contributed by atoms with E-state index >= 15 is 0 Å². The number of aromatic nitrogens is 3. The van der Waals surface area contributed by atoms with Gasteiger partial charge in [0, 0.05) is 23.5 Å². The third-order valence-corrected chi connectivity index (χ3v) is 4.25. The summed E-state index contributed by atoms with van der Waals surface area (Å²) in [5, 5.41) is 21.0. The Labute approximate surface area is 187 Å². The highest BCUT2D eigenvalue weighted by molar-refractivity contribution is 5.79. The van der Waals surface area contributed by atoms with Crippen LogP contribution in [0.3, 0.4) is 0 Å². The van der Waals surface area contributed by atoms with E-state index in [-0.39, 0.29) is 29.3 Å². The van der Waals surface area contributed by atoms with E-state index in [4.69, 9.17) is 0 Å². The minimum absolute atomic E-state index is 0.0277. The van der Waals surface area contributed by atoms with Gasteiger partial charge in [0.05, 0.1) is 11.1 Å². The fraction of sp³-hybridized carbons (Fsp3) is 0. The summed E-state index contributed by atoms with van der Waals surface area (Å²) in [5.74, 6) is 0.249. The van der Waals surface area contributed by atoms with Crippen molar-refractivity contribution in [1.29, 1.82) is 0 Å². The second-order valence-corrected chi connectivity index (χ2v) is 6.65. The lowest BCUT2D eigenvalue weighted by Crippen LogP contribution is -2.07. The number of nitro groups is 1. The van der Waals surface area contributed by atoms with Crippen LogP contribution in [0.1, 0.15) is 5.56 Å². The average Bonchev–Trinajstić information content (AvgIpc) is 2.81. The van der Waals surface area contributed by atoms with E-state index in [0.29, 0.717) is 11.3 Å². The van der Waals surface area contributed by atoms with Crippen molar-refractivity contribution in [3.63, 3.8) is 0 Å². The predicted molar refractivity (Wildman–Crippen MR) is 124 cm³/mol. The zero-order valence-corrected chi connectivity index (χ0v) is 17.0. The van der Waals surface area contributed by atoms with E-state index in [0.717, 1.165) is 5.69 Å². The zero-order valence-electron chi connectivity index (χ0n) is 17.0. The van der Waals surface area contributed by atoms with Crippen molar-refractivity contribution < 1.29 is 9.31 Å².